The Morgan fingerprint density at radius 2 is 2.29 bits per heavy atom. The van der Waals surface area contributed by atoms with Gasteiger partial charge in [0, 0.05) is 21.9 Å². The average Bonchev–Trinajstić information content (AvgIpc) is 2.11. The van der Waals surface area contributed by atoms with Gasteiger partial charge in [0.1, 0.15) is 0 Å². The average molecular weight is 261 g/mol. The van der Waals surface area contributed by atoms with Crippen molar-refractivity contribution in [2.45, 2.75) is 19.8 Å². The van der Waals surface area contributed by atoms with Gasteiger partial charge in [-0.05, 0) is 28.4 Å². The van der Waals surface area contributed by atoms with Gasteiger partial charge in [-0.2, -0.15) is 5.26 Å². The zero-order chi connectivity index (χ0) is 10.7. The number of hydrogen-bond donors (Lipinski definition) is 0. The second-order valence-electron chi connectivity index (χ2n) is 2.72. The molecule has 0 spiro atoms. The molecule has 1 aromatic heterocycles. The number of halogens is 3. The van der Waals surface area contributed by atoms with E-state index >= 15 is 0 Å². The Morgan fingerprint density at radius 3 is 2.79 bits per heavy atom. The summed E-state index contributed by atoms with van der Waals surface area (Å²) in [6.07, 6.45) is -1.19. The second kappa shape index (κ2) is 4.47. The lowest BCUT2D eigenvalue weighted by molar-refractivity contribution is 0.149. The Morgan fingerprint density at radius 1 is 1.64 bits per heavy atom. The van der Waals surface area contributed by atoms with Crippen molar-refractivity contribution in [3.63, 3.8) is 0 Å². The van der Waals surface area contributed by atoms with Crippen LogP contribution in [-0.4, -0.2) is 4.98 Å². The Hall–Kier alpha value is -1.02. The lowest BCUT2D eigenvalue weighted by Crippen LogP contribution is -2.01. The van der Waals surface area contributed by atoms with E-state index in [1.807, 2.05) is 6.07 Å². The number of nitrogens with zero attached hydrogens (tertiary/aromatic N) is 2. The van der Waals surface area contributed by atoms with E-state index < -0.39 is 6.43 Å². The van der Waals surface area contributed by atoms with Crippen LogP contribution in [0.4, 0.5) is 8.78 Å². The van der Waals surface area contributed by atoms with Gasteiger partial charge < -0.3 is 0 Å². The molecule has 14 heavy (non-hydrogen) atoms. The number of aromatic nitrogens is 1. The standard InChI is InChI=1S/C9H7BrF2N2/c1-5-8(9(11)12)6(2-3-13)7(10)4-14-5/h4,9H,2H2,1H3. The van der Waals surface area contributed by atoms with Gasteiger partial charge in [-0.15, -0.1) is 0 Å². The molecule has 2 nitrogen and oxygen atoms in total. The first-order chi connectivity index (χ1) is 6.57. The van der Waals surface area contributed by atoms with Crippen LogP contribution in [0.1, 0.15) is 23.2 Å². The molecule has 0 radical (unpaired) electrons. The summed E-state index contributed by atoms with van der Waals surface area (Å²) in [4.78, 5) is 3.81. The van der Waals surface area contributed by atoms with Gasteiger partial charge in [-0.3, -0.25) is 4.98 Å². The van der Waals surface area contributed by atoms with Gasteiger partial charge in [-0.1, -0.05) is 0 Å². The summed E-state index contributed by atoms with van der Waals surface area (Å²) in [7, 11) is 0. The molecule has 0 amide bonds. The first-order valence-electron chi connectivity index (χ1n) is 3.87. The Balaban J connectivity index is 3.35. The summed E-state index contributed by atoms with van der Waals surface area (Å²) in [6, 6.07) is 1.86. The van der Waals surface area contributed by atoms with E-state index in [4.69, 9.17) is 5.26 Å². The highest BCUT2D eigenvalue weighted by atomic mass is 79.9. The largest absolute Gasteiger partial charge is 0.265 e. The molecule has 0 aliphatic heterocycles. The minimum atomic E-state index is -2.59. The second-order valence-corrected chi connectivity index (χ2v) is 3.57. The van der Waals surface area contributed by atoms with Crippen LogP contribution in [0.15, 0.2) is 10.7 Å². The van der Waals surface area contributed by atoms with Crippen LogP contribution in [-0.2, 0) is 6.42 Å². The molecule has 0 atom stereocenters. The number of pyridine rings is 1. The molecule has 0 saturated carbocycles. The molecule has 0 N–H and O–H groups in total. The first-order valence-corrected chi connectivity index (χ1v) is 4.66. The van der Waals surface area contributed by atoms with Crippen LogP contribution >= 0.6 is 15.9 Å². The number of rotatable bonds is 2. The van der Waals surface area contributed by atoms with Crippen molar-refractivity contribution in [1.82, 2.24) is 4.98 Å². The minimum absolute atomic E-state index is 0.0381. The topological polar surface area (TPSA) is 36.7 Å². The smallest absolute Gasteiger partial charge is 0.260 e. The van der Waals surface area contributed by atoms with E-state index in [0.717, 1.165) is 0 Å². The lowest BCUT2D eigenvalue weighted by Gasteiger charge is -2.10. The molecule has 0 fully saturated rings. The van der Waals surface area contributed by atoms with Gasteiger partial charge in [0.05, 0.1) is 12.5 Å². The summed E-state index contributed by atoms with van der Waals surface area (Å²) in [5, 5.41) is 8.51. The Labute approximate surface area is 88.7 Å². The predicted molar refractivity (Wildman–Crippen MR) is 50.9 cm³/mol. The minimum Gasteiger partial charge on any atom is -0.260 e. The van der Waals surface area contributed by atoms with Gasteiger partial charge in [0.25, 0.3) is 6.43 Å². The van der Waals surface area contributed by atoms with E-state index in [1.165, 1.54) is 13.1 Å². The van der Waals surface area contributed by atoms with E-state index in [0.29, 0.717) is 10.0 Å². The maximum absolute atomic E-state index is 12.6. The van der Waals surface area contributed by atoms with E-state index in [2.05, 4.69) is 20.9 Å². The maximum Gasteiger partial charge on any atom is 0.265 e. The van der Waals surface area contributed by atoms with Crippen LogP contribution in [0.5, 0.6) is 0 Å². The number of nitriles is 1. The van der Waals surface area contributed by atoms with Crippen molar-refractivity contribution >= 4 is 15.9 Å². The van der Waals surface area contributed by atoms with Gasteiger partial charge in [0.15, 0.2) is 0 Å². The molecule has 1 rings (SSSR count). The summed E-state index contributed by atoms with van der Waals surface area (Å²) in [6.45, 7) is 1.51. The van der Waals surface area contributed by atoms with Gasteiger partial charge >= 0.3 is 0 Å². The molecule has 0 aliphatic rings. The molecule has 0 aromatic carbocycles. The summed E-state index contributed by atoms with van der Waals surface area (Å²) >= 11 is 3.10. The highest BCUT2D eigenvalue weighted by molar-refractivity contribution is 9.10. The third kappa shape index (κ3) is 2.07. The number of hydrogen-bond acceptors (Lipinski definition) is 2. The monoisotopic (exact) mass is 260 g/mol. The maximum atomic E-state index is 12.6. The van der Waals surface area contributed by atoms with E-state index in [1.54, 1.807) is 0 Å². The quantitative estimate of drug-likeness (QED) is 0.819. The fourth-order valence-electron chi connectivity index (χ4n) is 1.20. The highest BCUT2D eigenvalue weighted by Crippen LogP contribution is 2.30. The molecule has 0 bridgehead atoms. The molecule has 0 unspecified atom stereocenters. The van der Waals surface area contributed by atoms with Crippen LogP contribution in [0, 0.1) is 18.3 Å². The molecule has 1 aromatic rings. The number of alkyl halides is 2. The molecular weight excluding hydrogens is 254 g/mol. The van der Waals surface area contributed by atoms with E-state index in [9.17, 15) is 8.78 Å². The van der Waals surface area contributed by atoms with E-state index in [-0.39, 0.29) is 17.7 Å². The molecule has 5 heteroatoms. The number of aryl methyl sites for hydroxylation is 1. The molecule has 74 valence electrons. The van der Waals surface area contributed by atoms with Crippen molar-refractivity contribution in [2.24, 2.45) is 0 Å². The first kappa shape index (κ1) is 11.1. The third-order valence-corrected chi connectivity index (χ3v) is 2.53. The van der Waals surface area contributed by atoms with Crippen molar-refractivity contribution in [3.05, 3.63) is 27.5 Å². The fraction of sp³-hybridized carbons (Fsp3) is 0.333. The summed E-state index contributed by atoms with van der Waals surface area (Å²) in [5.74, 6) is 0. The Kier molecular flexibility index (Phi) is 3.53. The Bertz CT molecular complexity index is 385. The molecular formula is C9H7BrF2N2. The summed E-state index contributed by atoms with van der Waals surface area (Å²) in [5.41, 5.74) is 0.462. The van der Waals surface area contributed by atoms with Crippen LogP contribution < -0.4 is 0 Å². The zero-order valence-electron chi connectivity index (χ0n) is 7.39. The van der Waals surface area contributed by atoms with Crippen LogP contribution in [0.2, 0.25) is 0 Å². The zero-order valence-corrected chi connectivity index (χ0v) is 8.98. The fourth-order valence-corrected chi connectivity index (χ4v) is 1.65. The van der Waals surface area contributed by atoms with Crippen molar-refractivity contribution in [1.29, 1.82) is 5.26 Å². The van der Waals surface area contributed by atoms with Crippen molar-refractivity contribution < 1.29 is 8.78 Å². The molecule has 0 saturated heterocycles. The lowest BCUT2D eigenvalue weighted by atomic mass is 10.1. The van der Waals surface area contributed by atoms with Crippen LogP contribution in [0.3, 0.4) is 0 Å². The predicted octanol–water partition coefficient (Wildman–Crippen LogP) is 3.16. The van der Waals surface area contributed by atoms with Crippen molar-refractivity contribution in [3.8, 4) is 6.07 Å². The van der Waals surface area contributed by atoms with Crippen LogP contribution in [0.25, 0.3) is 0 Å². The SMILES string of the molecule is Cc1ncc(Br)c(CC#N)c1C(F)F. The molecule has 1 heterocycles. The normalized spacial score (nSPS) is 10.3. The highest BCUT2D eigenvalue weighted by Gasteiger charge is 2.18. The third-order valence-electron chi connectivity index (χ3n) is 1.85. The molecule has 0 aliphatic carbocycles. The van der Waals surface area contributed by atoms with Crippen molar-refractivity contribution in [2.75, 3.05) is 0 Å². The van der Waals surface area contributed by atoms with Gasteiger partial charge in [-0.25, -0.2) is 8.78 Å². The summed E-state index contributed by atoms with van der Waals surface area (Å²) < 4.78 is 25.7. The van der Waals surface area contributed by atoms with Gasteiger partial charge in [0.2, 0.25) is 0 Å².